The SMILES string of the molecule is COc1ncccc1CNC(=O)N1CCCC(N2CCCC2)C1. The molecule has 0 spiro atoms. The van der Waals surface area contributed by atoms with Crippen LogP contribution in [0.15, 0.2) is 18.3 Å². The van der Waals surface area contributed by atoms with E-state index >= 15 is 0 Å². The van der Waals surface area contributed by atoms with Crippen LogP contribution in [0.2, 0.25) is 0 Å². The van der Waals surface area contributed by atoms with Gasteiger partial charge in [0.2, 0.25) is 5.88 Å². The Morgan fingerprint density at radius 1 is 1.35 bits per heavy atom. The highest BCUT2D eigenvalue weighted by atomic mass is 16.5. The van der Waals surface area contributed by atoms with Gasteiger partial charge in [-0.25, -0.2) is 9.78 Å². The van der Waals surface area contributed by atoms with Crippen LogP contribution in [0.5, 0.6) is 5.88 Å². The van der Waals surface area contributed by atoms with Gasteiger partial charge in [0.15, 0.2) is 0 Å². The molecule has 1 N–H and O–H groups in total. The maximum Gasteiger partial charge on any atom is 0.317 e. The number of amides is 2. The molecular weight excluding hydrogens is 292 g/mol. The number of ether oxygens (including phenoxy) is 1. The number of nitrogens with zero attached hydrogens (tertiary/aromatic N) is 3. The second-order valence-corrected chi connectivity index (χ2v) is 6.32. The molecule has 1 aromatic rings. The van der Waals surface area contributed by atoms with Crippen molar-refractivity contribution in [3.8, 4) is 5.88 Å². The number of methoxy groups -OCH3 is 1. The van der Waals surface area contributed by atoms with E-state index in [1.807, 2.05) is 17.0 Å². The number of nitrogens with one attached hydrogen (secondary N) is 1. The van der Waals surface area contributed by atoms with Crippen LogP contribution < -0.4 is 10.1 Å². The number of carbonyl (C=O) groups is 1. The molecule has 2 saturated heterocycles. The average Bonchev–Trinajstić information content (AvgIpc) is 3.14. The Hall–Kier alpha value is -1.82. The molecule has 2 amide bonds. The number of carbonyl (C=O) groups excluding carboxylic acids is 1. The molecule has 1 unspecified atom stereocenters. The normalized spacial score (nSPS) is 22.1. The van der Waals surface area contributed by atoms with E-state index in [2.05, 4.69) is 15.2 Å². The van der Waals surface area contributed by atoms with Gasteiger partial charge in [-0.05, 0) is 44.8 Å². The standard InChI is InChI=1S/C17H26N4O2/c1-23-16-14(6-4-8-18-16)12-19-17(22)21-11-5-7-15(13-21)20-9-2-3-10-20/h4,6,8,15H,2-3,5,7,9-13H2,1H3,(H,19,22). The molecule has 6 heteroatoms. The first-order chi connectivity index (χ1) is 11.3. The largest absolute Gasteiger partial charge is 0.481 e. The van der Waals surface area contributed by atoms with Crippen LogP contribution in [0.25, 0.3) is 0 Å². The molecule has 1 aromatic heterocycles. The first kappa shape index (κ1) is 16.1. The summed E-state index contributed by atoms with van der Waals surface area (Å²) < 4.78 is 5.22. The van der Waals surface area contributed by atoms with Crippen molar-refractivity contribution in [1.29, 1.82) is 0 Å². The van der Waals surface area contributed by atoms with Crippen molar-refractivity contribution in [2.24, 2.45) is 0 Å². The van der Waals surface area contributed by atoms with Crippen molar-refractivity contribution < 1.29 is 9.53 Å². The summed E-state index contributed by atoms with van der Waals surface area (Å²) in [7, 11) is 1.60. The third kappa shape index (κ3) is 3.93. The lowest BCUT2D eigenvalue weighted by Gasteiger charge is -2.37. The van der Waals surface area contributed by atoms with E-state index in [1.165, 1.54) is 32.4 Å². The van der Waals surface area contributed by atoms with Gasteiger partial charge < -0.3 is 15.0 Å². The van der Waals surface area contributed by atoms with Gasteiger partial charge in [-0.3, -0.25) is 4.90 Å². The Morgan fingerprint density at radius 3 is 2.96 bits per heavy atom. The first-order valence-electron chi connectivity index (χ1n) is 8.52. The number of hydrogen-bond acceptors (Lipinski definition) is 4. The fourth-order valence-electron chi connectivity index (χ4n) is 3.57. The molecule has 126 valence electrons. The molecule has 3 rings (SSSR count). The summed E-state index contributed by atoms with van der Waals surface area (Å²) in [5.74, 6) is 0.571. The van der Waals surface area contributed by atoms with Crippen molar-refractivity contribution in [3.63, 3.8) is 0 Å². The predicted octanol–water partition coefficient (Wildman–Crippen LogP) is 1.86. The summed E-state index contributed by atoms with van der Waals surface area (Å²) in [6.07, 6.45) is 6.58. The first-order valence-corrected chi connectivity index (χ1v) is 8.52. The van der Waals surface area contributed by atoms with Gasteiger partial charge in [0, 0.05) is 37.4 Å². The van der Waals surface area contributed by atoms with Gasteiger partial charge in [0.25, 0.3) is 0 Å². The molecule has 1 atom stereocenters. The van der Waals surface area contributed by atoms with Crippen LogP contribution in [-0.4, -0.2) is 60.1 Å². The van der Waals surface area contributed by atoms with E-state index < -0.39 is 0 Å². The zero-order valence-electron chi connectivity index (χ0n) is 13.8. The Bertz CT molecular complexity index is 531. The number of hydrogen-bond donors (Lipinski definition) is 1. The van der Waals surface area contributed by atoms with Gasteiger partial charge >= 0.3 is 6.03 Å². The minimum Gasteiger partial charge on any atom is -0.481 e. The molecule has 0 saturated carbocycles. The highest BCUT2D eigenvalue weighted by Gasteiger charge is 2.29. The highest BCUT2D eigenvalue weighted by molar-refractivity contribution is 5.74. The minimum atomic E-state index is 0.0137. The van der Waals surface area contributed by atoms with Gasteiger partial charge in [-0.2, -0.15) is 0 Å². The lowest BCUT2D eigenvalue weighted by Crippen LogP contribution is -2.51. The lowest BCUT2D eigenvalue weighted by atomic mass is 10.0. The number of likely N-dealkylation sites (tertiary alicyclic amines) is 2. The van der Waals surface area contributed by atoms with Gasteiger partial charge in [-0.1, -0.05) is 6.07 Å². The predicted molar refractivity (Wildman–Crippen MR) is 88.4 cm³/mol. The number of aromatic nitrogens is 1. The third-order valence-electron chi connectivity index (χ3n) is 4.81. The summed E-state index contributed by atoms with van der Waals surface area (Å²) in [5.41, 5.74) is 0.899. The summed E-state index contributed by atoms with van der Waals surface area (Å²) in [4.78, 5) is 21.1. The molecule has 2 fully saturated rings. The van der Waals surface area contributed by atoms with Crippen molar-refractivity contribution in [3.05, 3.63) is 23.9 Å². The maximum absolute atomic E-state index is 12.5. The molecule has 2 aliphatic heterocycles. The maximum atomic E-state index is 12.5. The van der Waals surface area contributed by atoms with Crippen LogP contribution in [-0.2, 0) is 6.54 Å². The summed E-state index contributed by atoms with van der Waals surface area (Å²) in [6.45, 7) is 4.51. The molecule has 23 heavy (non-hydrogen) atoms. The minimum absolute atomic E-state index is 0.0137. The zero-order chi connectivity index (χ0) is 16.1. The fraction of sp³-hybridized carbons (Fsp3) is 0.647. The third-order valence-corrected chi connectivity index (χ3v) is 4.81. The Kier molecular flexibility index (Phi) is 5.33. The second kappa shape index (κ2) is 7.64. The Balaban J connectivity index is 1.53. The molecule has 0 radical (unpaired) electrons. The van der Waals surface area contributed by atoms with E-state index in [9.17, 15) is 4.79 Å². The molecule has 3 heterocycles. The van der Waals surface area contributed by atoms with Gasteiger partial charge in [-0.15, -0.1) is 0 Å². The number of piperidine rings is 1. The molecule has 6 nitrogen and oxygen atoms in total. The summed E-state index contributed by atoms with van der Waals surface area (Å²) >= 11 is 0. The summed E-state index contributed by atoms with van der Waals surface area (Å²) in [6, 6.07) is 4.33. The van der Waals surface area contributed by atoms with Gasteiger partial charge in [0.1, 0.15) is 0 Å². The van der Waals surface area contributed by atoms with Crippen LogP contribution in [0.3, 0.4) is 0 Å². The van der Waals surface area contributed by atoms with E-state index in [-0.39, 0.29) is 6.03 Å². The number of rotatable bonds is 4. The second-order valence-electron chi connectivity index (χ2n) is 6.32. The lowest BCUT2D eigenvalue weighted by molar-refractivity contribution is 0.125. The number of urea groups is 1. The monoisotopic (exact) mass is 318 g/mol. The van der Waals surface area contributed by atoms with Crippen LogP contribution in [0.1, 0.15) is 31.2 Å². The number of pyridine rings is 1. The van der Waals surface area contributed by atoms with E-state index in [1.54, 1.807) is 13.3 Å². The highest BCUT2D eigenvalue weighted by Crippen LogP contribution is 2.20. The van der Waals surface area contributed by atoms with E-state index in [4.69, 9.17) is 4.74 Å². The van der Waals surface area contributed by atoms with Crippen LogP contribution in [0.4, 0.5) is 4.79 Å². The fourth-order valence-corrected chi connectivity index (χ4v) is 3.57. The van der Waals surface area contributed by atoms with Crippen molar-refractivity contribution in [2.75, 3.05) is 33.3 Å². The Labute approximate surface area is 137 Å². The van der Waals surface area contributed by atoms with Gasteiger partial charge in [0.05, 0.1) is 7.11 Å². The van der Waals surface area contributed by atoms with E-state index in [0.717, 1.165) is 25.1 Å². The molecule has 0 aromatic carbocycles. The van der Waals surface area contributed by atoms with E-state index in [0.29, 0.717) is 18.5 Å². The zero-order valence-corrected chi connectivity index (χ0v) is 13.8. The smallest absolute Gasteiger partial charge is 0.317 e. The molecule has 0 bridgehead atoms. The Morgan fingerprint density at radius 2 is 2.17 bits per heavy atom. The average molecular weight is 318 g/mol. The summed E-state index contributed by atoms with van der Waals surface area (Å²) in [5, 5.41) is 3.00. The topological polar surface area (TPSA) is 57.7 Å². The molecule has 0 aliphatic carbocycles. The molecular formula is C17H26N4O2. The van der Waals surface area contributed by atoms with Crippen molar-refractivity contribution >= 4 is 6.03 Å². The molecule has 2 aliphatic rings. The quantitative estimate of drug-likeness (QED) is 0.920. The van der Waals surface area contributed by atoms with Crippen molar-refractivity contribution in [2.45, 2.75) is 38.3 Å². The van der Waals surface area contributed by atoms with Crippen LogP contribution >= 0.6 is 0 Å². The van der Waals surface area contributed by atoms with Crippen molar-refractivity contribution in [1.82, 2.24) is 20.1 Å². The van der Waals surface area contributed by atoms with Crippen LogP contribution in [0, 0.1) is 0 Å².